The first kappa shape index (κ1) is 10.3. The van der Waals surface area contributed by atoms with Crippen LogP contribution in [-0.2, 0) is 5.41 Å². The smallest absolute Gasteiger partial charge is 0.123 e. The fraction of sp³-hybridized carbons (Fsp3) is 0.538. The quantitative estimate of drug-likeness (QED) is 0.740. The molecule has 2 heteroatoms. The third kappa shape index (κ3) is 1.94. The number of rotatable bonds is 1. The number of benzene rings is 1. The van der Waals surface area contributed by atoms with E-state index >= 15 is 0 Å². The number of hydrogen-bond acceptors (Lipinski definition) is 2. The largest absolute Gasteiger partial charge is 0.508 e. The van der Waals surface area contributed by atoms with Gasteiger partial charge in [-0.15, -0.1) is 0 Å². The number of phenols is 2. The van der Waals surface area contributed by atoms with Crippen LogP contribution in [0.5, 0.6) is 11.5 Å². The highest BCUT2D eigenvalue weighted by atomic mass is 16.3. The van der Waals surface area contributed by atoms with E-state index in [9.17, 15) is 10.2 Å². The van der Waals surface area contributed by atoms with Crippen molar-refractivity contribution in [2.45, 2.75) is 44.4 Å². The molecule has 2 rings (SSSR count). The Labute approximate surface area is 90.6 Å². The standard InChI is InChI=1S/C13H18O2/c1-13(7-3-2-4-8-13)11-6-5-10(14)9-12(11)15/h5-6,9,14-15H,2-4,7-8H2,1H3. The van der Waals surface area contributed by atoms with Gasteiger partial charge >= 0.3 is 0 Å². The first-order valence-corrected chi connectivity index (χ1v) is 5.64. The molecule has 1 aliphatic rings. The van der Waals surface area contributed by atoms with Crippen molar-refractivity contribution in [3.8, 4) is 11.5 Å². The fourth-order valence-electron chi connectivity index (χ4n) is 2.63. The van der Waals surface area contributed by atoms with Crippen LogP contribution in [0.4, 0.5) is 0 Å². The minimum absolute atomic E-state index is 0.0933. The summed E-state index contributed by atoms with van der Waals surface area (Å²) in [6.45, 7) is 2.21. The van der Waals surface area contributed by atoms with Crippen molar-refractivity contribution in [3.63, 3.8) is 0 Å². The highest BCUT2D eigenvalue weighted by Gasteiger charge is 2.30. The molecule has 0 radical (unpaired) electrons. The van der Waals surface area contributed by atoms with Crippen molar-refractivity contribution >= 4 is 0 Å². The van der Waals surface area contributed by atoms with Gasteiger partial charge in [0.05, 0.1) is 0 Å². The van der Waals surface area contributed by atoms with E-state index in [2.05, 4.69) is 6.92 Å². The van der Waals surface area contributed by atoms with Crippen LogP contribution in [0.25, 0.3) is 0 Å². The Morgan fingerprint density at radius 3 is 2.33 bits per heavy atom. The summed E-state index contributed by atoms with van der Waals surface area (Å²) < 4.78 is 0. The maximum absolute atomic E-state index is 9.85. The van der Waals surface area contributed by atoms with Gasteiger partial charge in [0.2, 0.25) is 0 Å². The summed E-state index contributed by atoms with van der Waals surface area (Å²) in [6.07, 6.45) is 6.03. The van der Waals surface area contributed by atoms with E-state index in [4.69, 9.17) is 0 Å². The third-order valence-electron chi connectivity index (χ3n) is 3.59. The van der Waals surface area contributed by atoms with E-state index in [0.717, 1.165) is 18.4 Å². The zero-order valence-corrected chi connectivity index (χ0v) is 9.16. The summed E-state index contributed by atoms with van der Waals surface area (Å²) in [5, 5.41) is 19.1. The molecule has 2 nitrogen and oxygen atoms in total. The van der Waals surface area contributed by atoms with Gasteiger partial charge in [0.25, 0.3) is 0 Å². The highest BCUT2D eigenvalue weighted by Crippen LogP contribution is 2.43. The molecule has 82 valence electrons. The highest BCUT2D eigenvalue weighted by molar-refractivity contribution is 5.43. The molecule has 1 fully saturated rings. The van der Waals surface area contributed by atoms with E-state index in [-0.39, 0.29) is 16.9 Å². The van der Waals surface area contributed by atoms with Gasteiger partial charge in [0.15, 0.2) is 0 Å². The molecule has 1 aliphatic carbocycles. The normalized spacial score (nSPS) is 20.1. The van der Waals surface area contributed by atoms with Crippen molar-refractivity contribution in [3.05, 3.63) is 23.8 Å². The van der Waals surface area contributed by atoms with Gasteiger partial charge in [-0.3, -0.25) is 0 Å². The van der Waals surface area contributed by atoms with Crippen LogP contribution >= 0.6 is 0 Å². The molecule has 0 atom stereocenters. The Bertz CT molecular complexity index is 352. The molecule has 0 aromatic heterocycles. The van der Waals surface area contributed by atoms with Gasteiger partial charge in [-0.05, 0) is 24.3 Å². The minimum atomic E-state index is 0.0933. The molecule has 0 heterocycles. The SMILES string of the molecule is CC1(c2ccc(O)cc2O)CCCCC1. The van der Waals surface area contributed by atoms with Gasteiger partial charge in [-0.25, -0.2) is 0 Å². The van der Waals surface area contributed by atoms with E-state index in [0.29, 0.717) is 0 Å². The average Bonchev–Trinajstić information content (AvgIpc) is 2.18. The molecule has 2 N–H and O–H groups in total. The maximum Gasteiger partial charge on any atom is 0.123 e. The van der Waals surface area contributed by atoms with Crippen molar-refractivity contribution in [2.75, 3.05) is 0 Å². The zero-order chi connectivity index (χ0) is 10.9. The molecule has 0 unspecified atom stereocenters. The topological polar surface area (TPSA) is 40.5 Å². The Morgan fingerprint density at radius 1 is 1.07 bits per heavy atom. The van der Waals surface area contributed by atoms with Crippen molar-refractivity contribution < 1.29 is 10.2 Å². The first-order valence-electron chi connectivity index (χ1n) is 5.64. The molecule has 1 aromatic rings. The zero-order valence-electron chi connectivity index (χ0n) is 9.16. The summed E-state index contributed by atoms with van der Waals surface area (Å²) in [4.78, 5) is 0. The molecule has 1 aromatic carbocycles. The molecule has 0 aliphatic heterocycles. The van der Waals surface area contributed by atoms with Crippen LogP contribution < -0.4 is 0 Å². The maximum atomic E-state index is 9.85. The Kier molecular flexibility index (Phi) is 2.59. The first-order chi connectivity index (χ1) is 7.12. The second kappa shape index (κ2) is 3.76. The van der Waals surface area contributed by atoms with Crippen molar-refractivity contribution in [1.29, 1.82) is 0 Å². The number of phenolic OH excluding ortho intramolecular Hbond substituents is 2. The van der Waals surface area contributed by atoms with E-state index in [1.165, 1.54) is 25.3 Å². The van der Waals surface area contributed by atoms with Crippen LogP contribution in [-0.4, -0.2) is 10.2 Å². The Hall–Kier alpha value is -1.18. The Morgan fingerprint density at radius 2 is 1.73 bits per heavy atom. The lowest BCUT2D eigenvalue weighted by molar-refractivity contribution is 0.307. The lowest BCUT2D eigenvalue weighted by Gasteiger charge is -2.34. The van der Waals surface area contributed by atoms with Crippen LogP contribution in [0.3, 0.4) is 0 Å². The van der Waals surface area contributed by atoms with Gasteiger partial charge in [0.1, 0.15) is 11.5 Å². The van der Waals surface area contributed by atoms with E-state index < -0.39 is 0 Å². The molecule has 0 saturated heterocycles. The van der Waals surface area contributed by atoms with Crippen LogP contribution in [0.1, 0.15) is 44.6 Å². The number of hydrogen-bond donors (Lipinski definition) is 2. The summed E-state index contributed by atoms with van der Waals surface area (Å²) in [7, 11) is 0. The van der Waals surface area contributed by atoms with Gasteiger partial charge in [-0.1, -0.05) is 32.3 Å². The molecule has 15 heavy (non-hydrogen) atoms. The fourth-order valence-corrected chi connectivity index (χ4v) is 2.63. The van der Waals surface area contributed by atoms with E-state index in [1.807, 2.05) is 6.07 Å². The third-order valence-corrected chi connectivity index (χ3v) is 3.59. The van der Waals surface area contributed by atoms with Gasteiger partial charge in [-0.2, -0.15) is 0 Å². The number of aromatic hydroxyl groups is 2. The molecule has 0 bridgehead atoms. The molecular formula is C13H18O2. The molecule has 0 spiro atoms. The second-order valence-electron chi connectivity index (χ2n) is 4.82. The predicted octanol–water partition coefficient (Wildman–Crippen LogP) is 3.32. The molecular weight excluding hydrogens is 188 g/mol. The summed E-state index contributed by atoms with van der Waals surface area (Å²) in [5.41, 5.74) is 1.08. The predicted molar refractivity (Wildman–Crippen MR) is 60.2 cm³/mol. The van der Waals surface area contributed by atoms with Gasteiger partial charge in [0, 0.05) is 11.6 Å². The summed E-state index contributed by atoms with van der Waals surface area (Å²) in [6, 6.07) is 4.96. The van der Waals surface area contributed by atoms with Gasteiger partial charge < -0.3 is 10.2 Å². The molecule has 0 amide bonds. The van der Waals surface area contributed by atoms with Crippen LogP contribution in [0, 0.1) is 0 Å². The average molecular weight is 206 g/mol. The monoisotopic (exact) mass is 206 g/mol. The van der Waals surface area contributed by atoms with Crippen LogP contribution in [0.15, 0.2) is 18.2 Å². The lowest BCUT2D eigenvalue weighted by Crippen LogP contribution is -2.24. The minimum Gasteiger partial charge on any atom is -0.508 e. The lowest BCUT2D eigenvalue weighted by atomic mass is 9.71. The van der Waals surface area contributed by atoms with E-state index in [1.54, 1.807) is 6.07 Å². The summed E-state index contributed by atoms with van der Waals surface area (Å²) >= 11 is 0. The van der Waals surface area contributed by atoms with Crippen LogP contribution in [0.2, 0.25) is 0 Å². The van der Waals surface area contributed by atoms with Crippen molar-refractivity contribution in [1.82, 2.24) is 0 Å². The second-order valence-corrected chi connectivity index (χ2v) is 4.82. The Balaban J connectivity index is 2.35. The summed E-state index contributed by atoms with van der Waals surface area (Å²) in [5.74, 6) is 0.370. The molecule has 1 saturated carbocycles. The van der Waals surface area contributed by atoms with Crippen molar-refractivity contribution in [2.24, 2.45) is 0 Å².